The molecule has 5 heteroatoms. The molecule has 0 radical (unpaired) electrons. The van der Waals surface area contributed by atoms with Gasteiger partial charge in [0.2, 0.25) is 0 Å². The van der Waals surface area contributed by atoms with Crippen LogP contribution in [0.25, 0.3) is 0 Å². The minimum absolute atomic E-state index is 0.169. The Kier molecular flexibility index (Phi) is 2.62. The van der Waals surface area contributed by atoms with E-state index in [-0.39, 0.29) is 4.47 Å². The summed E-state index contributed by atoms with van der Waals surface area (Å²) < 4.78 is 36.5. The summed E-state index contributed by atoms with van der Waals surface area (Å²) >= 11 is 2.70. The molecule has 0 aliphatic heterocycles. The number of rotatable bonds is 1. The molecule has 0 aromatic heterocycles. The first kappa shape index (κ1) is 9.38. The van der Waals surface area contributed by atoms with Crippen molar-refractivity contribution in [2.24, 2.45) is 0 Å². The lowest BCUT2D eigenvalue weighted by molar-refractivity contribution is 0.150. The SMILES string of the molecule is Oc1cc(C(F)F)cc(Br)c1F. The Morgan fingerprint density at radius 3 is 2.33 bits per heavy atom. The first-order chi connectivity index (χ1) is 5.52. The van der Waals surface area contributed by atoms with Crippen molar-refractivity contribution in [3.8, 4) is 5.75 Å². The van der Waals surface area contributed by atoms with Gasteiger partial charge >= 0.3 is 0 Å². The molecule has 0 spiro atoms. The van der Waals surface area contributed by atoms with Gasteiger partial charge in [-0.1, -0.05) is 0 Å². The van der Waals surface area contributed by atoms with Crippen LogP contribution in [0.15, 0.2) is 16.6 Å². The fraction of sp³-hybridized carbons (Fsp3) is 0.143. The molecule has 0 atom stereocenters. The van der Waals surface area contributed by atoms with Crippen LogP contribution in [0.5, 0.6) is 5.75 Å². The van der Waals surface area contributed by atoms with E-state index in [1.54, 1.807) is 0 Å². The molecule has 0 amide bonds. The van der Waals surface area contributed by atoms with Crippen LogP contribution in [0.1, 0.15) is 12.0 Å². The van der Waals surface area contributed by atoms with Crippen molar-refractivity contribution in [3.05, 3.63) is 28.0 Å². The van der Waals surface area contributed by atoms with E-state index >= 15 is 0 Å². The van der Waals surface area contributed by atoms with Crippen molar-refractivity contribution in [2.45, 2.75) is 6.43 Å². The predicted octanol–water partition coefficient (Wildman–Crippen LogP) is 3.23. The second-order valence-electron chi connectivity index (χ2n) is 2.14. The first-order valence-corrected chi connectivity index (χ1v) is 3.77. The van der Waals surface area contributed by atoms with E-state index < -0.39 is 23.6 Å². The maximum Gasteiger partial charge on any atom is 0.264 e. The van der Waals surface area contributed by atoms with E-state index in [2.05, 4.69) is 15.9 Å². The van der Waals surface area contributed by atoms with E-state index in [1.807, 2.05) is 0 Å². The van der Waals surface area contributed by atoms with Gasteiger partial charge in [-0.05, 0) is 28.1 Å². The molecule has 1 aromatic carbocycles. The molecule has 0 heterocycles. The van der Waals surface area contributed by atoms with Gasteiger partial charge in [-0.15, -0.1) is 0 Å². The smallest absolute Gasteiger partial charge is 0.264 e. The Labute approximate surface area is 75.0 Å². The van der Waals surface area contributed by atoms with Crippen LogP contribution in [-0.4, -0.2) is 5.11 Å². The summed E-state index contributed by atoms with van der Waals surface area (Å²) in [6.45, 7) is 0. The van der Waals surface area contributed by atoms with Crippen molar-refractivity contribution in [1.82, 2.24) is 0 Å². The maximum atomic E-state index is 12.6. The van der Waals surface area contributed by atoms with Gasteiger partial charge in [0, 0.05) is 5.56 Å². The average Bonchev–Trinajstić information content (AvgIpc) is 1.99. The largest absolute Gasteiger partial charge is 0.505 e. The summed E-state index contributed by atoms with van der Waals surface area (Å²) in [5, 5.41) is 8.79. The molecule has 0 unspecified atom stereocenters. The molecular weight excluding hydrogens is 237 g/mol. The monoisotopic (exact) mass is 240 g/mol. The van der Waals surface area contributed by atoms with Gasteiger partial charge in [-0.3, -0.25) is 0 Å². The molecule has 1 nitrogen and oxygen atoms in total. The number of aromatic hydroxyl groups is 1. The van der Waals surface area contributed by atoms with Crippen molar-refractivity contribution in [3.63, 3.8) is 0 Å². The van der Waals surface area contributed by atoms with Crippen LogP contribution in [0.3, 0.4) is 0 Å². The van der Waals surface area contributed by atoms with Gasteiger partial charge in [0.05, 0.1) is 4.47 Å². The summed E-state index contributed by atoms with van der Waals surface area (Å²) in [7, 11) is 0. The molecule has 1 rings (SSSR count). The molecule has 0 saturated carbocycles. The first-order valence-electron chi connectivity index (χ1n) is 2.98. The van der Waals surface area contributed by atoms with Crippen molar-refractivity contribution in [2.75, 3.05) is 0 Å². The third kappa shape index (κ3) is 1.72. The number of hydrogen-bond acceptors (Lipinski definition) is 1. The summed E-state index contributed by atoms with van der Waals surface area (Å²) in [4.78, 5) is 0. The summed E-state index contributed by atoms with van der Waals surface area (Å²) in [5.74, 6) is -1.71. The van der Waals surface area contributed by atoms with Gasteiger partial charge in [0.15, 0.2) is 11.6 Å². The fourth-order valence-corrected chi connectivity index (χ4v) is 1.19. The van der Waals surface area contributed by atoms with Gasteiger partial charge in [0.1, 0.15) is 0 Å². The number of alkyl halides is 2. The molecule has 1 aromatic rings. The second kappa shape index (κ2) is 3.35. The van der Waals surface area contributed by atoms with Crippen molar-refractivity contribution in [1.29, 1.82) is 0 Å². The van der Waals surface area contributed by atoms with Crippen LogP contribution in [0.2, 0.25) is 0 Å². The van der Waals surface area contributed by atoms with Gasteiger partial charge in [-0.2, -0.15) is 0 Å². The van der Waals surface area contributed by atoms with Crippen molar-refractivity contribution >= 4 is 15.9 Å². The van der Waals surface area contributed by atoms with Crippen LogP contribution >= 0.6 is 15.9 Å². The van der Waals surface area contributed by atoms with Crippen LogP contribution in [-0.2, 0) is 0 Å². The Bertz CT molecular complexity index is 278. The van der Waals surface area contributed by atoms with Crippen molar-refractivity contribution < 1.29 is 18.3 Å². The zero-order valence-corrected chi connectivity index (χ0v) is 7.28. The lowest BCUT2D eigenvalue weighted by Crippen LogP contribution is -1.87. The summed E-state index contributed by atoms with van der Waals surface area (Å²) in [5.41, 5.74) is -0.416. The minimum atomic E-state index is -2.72. The van der Waals surface area contributed by atoms with Gasteiger partial charge in [0.25, 0.3) is 6.43 Å². The summed E-state index contributed by atoms with van der Waals surface area (Å²) in [6, 6.07) is 1.63. The highest BCUT2D eigenvalue weighted by molar-refractivity contribution is 9.10. The normalized spacial score (nSPS) is 10.8. The third-order valence-corrected chi connectivity index (χ3v) is 1.86. The van der Waals surface area contributed by atoms with Gasteiger partial charge < -0.3 is 5.11 Å². The highest BCUT2D eigenvalue weighted by Crippen LogP contribution is 2.30. The Hall–Kier alpha value is -0.710. The highest BCUT2D eigenvalue weighted by Gasteiger charge is 2.13. The molecule has 66 valence electrons. The zero-order valence-electron chi connectivity index (χ0n) is 5.69. The molecule has 12 heavy (non-hydrogen) atoms. The molecule has 0 fully saturated rings. The Balaban J connectivity index is 3.21. The lowest BCUT2D eigenvalue weighted by atomic mass is 10.2. The molecule has 0 aliphatic rings. The van der Waals surface area contributed by atoms with E-state index in [9.17, 15) is 13.2 Å². The topological polar surface area (TPSA) is 20.2 Å². The standard InChI is InChI=1S/C7H4BrF3O/c8-4-1-3(7(10)11)2-5(12)6(4)9/h1-2,7,12H. The van der Waals surface area contributed by atoms with Crippen LogP contribution in [0, 0.1) is 5.82 Å². The lowest BCUT2D eigenvalue weighted by Gasteiger charge is -2.02. The molecule has 0 aliphatic carbocycles. The minimum Gasteiger partial charge on any atom is -0.505 e. The second-order valence-corrected chi connectivity index (χ2v) is 2.99. The summed E-state index contributed by atoms with van der Waals surface area (Å²) in [6.07, 6.45) is -2.72. The average molecular weight is 241 g/mol. The molecule has 1 N–H and O–H groups in total. The molecule has 0 bridgehead atoms. The van der Waals surface area contributed by atoms with E-state index in [0.29, 0.717) is 6.07 Å². The predicted molar refractivity (Wildman–Crippen MR) is 40.7 cm³/mol. The fourth-order valence-electron chi connectivity index (χ4n) is 0.721. The van der Waals surface area contributed by atoms with E-state index in [1.165, 1.54) is 0 Å². The number of benzene rings is 1. The number of halogens is 4. The quantitative estimate of drug-likeness (QED) is 0.800. The maximum absolute atomic E-state index is 12.6. The molecular formula is C7H4BrF3O. The number of hydrogen-bond donors (Lipinski definition) is 1. The van der Waals surface area contributed by atoms with Crippen LogP contribution < -0.4 is 0 Å². The van der Waals surface area contributed by atoms with Crippen LogP contribution in [0.4, 0.5) is 13.2 Å². The Morgan fingerprint density at radius 1 is 1.33 bits per heavy atom. The number of phenolic OH excluding ortho intramolecular Hbond substituents is 1. The van der Waals surface area contributed by atoms with Gasteiger partial charge in [-0.25, -0.2) is 13.2 Å². The third-order valence-electron chi connectivity index (χ3n) is 1.28. The number of phenols is 1. The zero-order chi connectivity index (χ0) is 9.30. The Morgan fingerprint density at radius 2 is 1.92 bits per heavy atom. The van der Waals surface area contributed by atoms with E-state index in [0.717, 1.165) is 6.07 Å². The molecule has 0 saturated heterocycles. The highest BCUT2D eigenvalue weighted by atomic mass is 79.9. The van der Waals surface area contributed by atoms with E-state index in [4.69, 9.17) is 5.11 Å².